The van der Waals surface area contributed by atoms with Crippen molar-refractivity contribution in [3.8, 4) is 11.5 Å². The van der Waals surface area contributed by atoms with Crippen molar-refractivity contribution in [2.75, 3.05) is 12.3 Å². The molecule has 15 nitrogen and oxygen atoms in total. The number of aliphatic hydroxyl groups excluding tert-OH is 1. The van der Waals surface area contributed by atoms with E-state index in [1.807, 2.05) is 0 Å². The van der Waals surface area contributed by atoms with Crippen LogP contribution in [0.2, 0.25) is 0 Å². The lowest BCUT2D eigenvalue weighted by atomic mass is 10.1. The van der Waals surface area contributed by atoms with Gasteiger partial charge in [0.25, 0.3) is 0 Å². The van der Waals surface area contributed by atoms with Crippen molar-refractivity contribution < 1.29 is 37.9 Å². The van der Waals surface area contributed by atoms with E-state index in [9.17, 15) is 19.6 Å². The minimum absolute atomic E-state index is 0.0731. The van der Waals surface area contributed by atoms with Crippen LogP contribution in [0.3, 0.4) is 0 Å². The molecule has 6 atom stereocenters. The summed E-state index contributed by atoms with van der Waals surface area (Å²) >= 11 is 0. The number of esters is 1. The zero-order chi connectivity index (χ0) is 28.0. The molecule has 0 spiro atoms. The number of azide groups is 1. The number of para-hydroxylation sites is 2. The highest BCUT2D eigenvalue weighted by Gasteiger charge is 2.57. The van der Waals surface area contributed by atoms with E-state index in [1.54, 1.807) is 13.8 Å². The second-order valence-corrected chi connectivity index (χ2v) is 9.21. The third-order valence-electron chi connectivity index (χ3n) is 5.11. The Kier molecular flexibility index (Phi) is 9.20. The Hall–Kier alpha value is -3.81. The van der Waals surface area contributed by atoms with Gasteiger partial charge in [-0.2, -0.15) is 4.98 Å². The topological polar surface area (TPSA) is 219 Å². The minimum Gasteiger partial charge on any atom is -0.575 e. The molecule has 38 heavy (non-hydrogen) atoms. The number of nitrogen functional groups attached to an aromatic ring is 1. The molecule has 0 bridgehead atoms. The quantitative estimate of drug-likeness (QED) is 0.143. The lowest BCUT2D eigenvalue weighted by Crippen LogP contribution is -2.43. The van der Waals surface area contributed by atoms with E-state index < -0.39 is 56.7 Å². The number of hydrogen-bond donors (Lipinski definition) is 2. The number of anilines is 1. The van der Waals surface area contributed by atoms with E-state index in [1.165, 1.54) is 37.3 Å². The van der Waals surface area contributed by atoms with Gasteiger partial charge in [0.05, 0.1) is 6.10 Å². The third-order valence-corrected chi connectivity index (χ3v) is 6.00. The van der Waals surface area contributed by atoms with Crippen LogP contribution in [0.15, 0.2) is 51.2 Å². The molecule has 3 N–H and O–H groups in total. The second-order valence-electron chi connectivity index (χ2n) is 8.32. The fourth-order valence-electron chi connectivity index (χ4n) is 3.35. The lowest BCUT2D eigenvalue weighted by molar-refractivity contribution is -0.170. The van der Waals surface area contributed by atoms with Crippen molar-refractivity contribution in [3.63, 3.8) is 0 Å². The van der Waals surface area contributed by atoms with Crippen LogP contribution in [0, 0.1) is 0 Å². The molecule has 0 radical (unpaired) electrons. The number of benzene rings is 1. The Balaban J connectivity index is 1.81. The zero-order valence-corrected chi connectivity index (χ0v) is 21.3. The van der Waals surface area contributed by atoms with Crippen molar-refractivity contribution in [2.45, 2.75) is 57.1 Å². The Morgan fingerprint density at radius 1 is 1.39 bits per heavy atom. The van der Waals surface area contributed by atoms with Crippen molar-refractivity contribution in [1.82, 2.24) is 9.55 Å². The van der Waals surface area contributed by atoms with Gasteiger partial charge in [-0.25, -0.2) is 14.0 Å². The summed E-state index contributed by atoms with van der Waals surface area (Å²) in [6.07, 6.45) is -5.15. The number of hydrogen-bond acceptors (Lipinski definition) is 12. The molecule has 3 rings (SSSR count). The van der Waals surface area contributed by atoms with Gasteiger partial charge in [-0.05, 0) is 44.5 Å². The van der Waals surface area contributed by atoms with Gasteiger partial charge >= 0.3 is 19.8 Å². The SMILES string of the molecule is CC(C)OC(=O)[C@H](C)/N=[P+](\[O-])Oc1ccccc1OC[C@@]1(N=[N+]=[N-])O[C@@H](n2ccc(N)nc2=O)[C@H](O)[C@@H]1F. The standard InChI is InChI=1S/C21H25FN7O8P/c1-11(2)35-19(31)12(3)26-38(33)37-14-7-5-4-6-13(14)34-10-21(27-28-24)17(22)16(30)18(36-21)29-9-8-15(23)25-20(29)32/h4-9,11-12,16-18,30H,10H2,1-3H3,(H2,23,25,32)/t12-,16+,17-,18+,21+/m0/s1. The smallest absolute Gasteiger partial charge is 0.395 e. The fourth-order valence-corrected chi connectivity index (χ4v) is 4.09. The highest BCUT2D eigenvalue weighted by atomic mass is 31.1. The summed E-state index contributed by atoms with van der Waals surface area (Å²) in [7, 11) is -2.76. The van der Waals surface area contributed by atoms with Crippen LogP contribution in [0.25, 0.3) is 10.4 Å². The van der Waals surface area contributed by atoms with E-state index in [2.05, 4.69) is 19.8 Å². The van der Waals surface area contributed by atoms with Crippen LogP contribution in [-0.4, -0.2) is 57.4 Å². The third kappa shape index (κ3) is 6.54. The average molecular weight is 553 g/mol. The highest BCUT2D eigenvalue weighted by molar-refractivity contribution is 7.34. The first-order chi connectivity index (χ1) is 18.0. The molecule has 0 aliphatic carbocycles. The van der Waals surface area contributed by atoms with E-state index in [-0.39, 0.29) is 23.4 Å². The van der Waals surface area contributed by atoms with Crippen molar-refractivity contribution in [2.24, 2.45) is 9.86 Å². The summed E-state index contributed by atoms with van der Waals surface area (Å²) in [6.45, 7) is 3.91. The van der Waals surface area contributed by atoms with Crippen LogP contribution in [0.5, 0.6) is 11.5 Å². The van der Waals surface area contributed by atoms with Gasteiger partial charge in [0.2, 0.25) is 11.5 Å². The molecule has 2 aromatic rings. The van der Waals surface area contributed by atoms with Crippen LogP contribution in [0.4, 0.5) is 10.2 Å². The summed E-state index contributed by atoms with van der Waals surface area (Å²) in [5.41, 5.74) is 11.2. The van der Waals surface area contributed by atoms with Crippen LogP contribution < -0.4 is 25.6 Å². The number of rotatable bonds is 10. The number of aliphatic hydroxyl groups is 1. The molecular formula is C21H25FN7O8P. The second kappa shape index (κ2) is 12.2. The normalized spacial score (nSPS) is 24.0. The van der Waals surface area contributed by atoms with Crippen molar-refractivity contribution in [3.05, 3.63) is 57.5 Å². The number of alkyl halides is 1. The molecule has 1 aliphatic heterocycles. The molecule has 204 valence electrons. The summed E-state index contributed by atoms with van der Waals surface area (Å²) in [5, 5.41) is 13.8. The summed E-state index contributed by atoms with van der Waals surface area (Å²) in [6, 6.07) is 5.95. The summed E-state index contributed by atoms with van der Waals surface area (Å²) in [4.78, 5) is 42.6. The molecule has 2 heterocycles. The largest absolute Gasteiger partial charge is 0.575 e. The number of ether oxygens (including phenoxy) is 3. The molecule has 1 saturated heterocycles. The van der Waals surface area contributed by atoms with Gasteiger partial charge < -0.3 is 29.9 Å². The van der Waals surface area contributed by atoms with E-state index in [0.717, 1.165) is 10.8 Å². The summed E-state index contributed by atoms with van der Waals surface area (Å²) in [5.74, 6) is -0.963. The molecule has 1 aromatic heterocycles. The molecule has 0 amide bonds. The minimum atomic E-state index is -2.76. The summed E-state index contributed by atoms with van der Waals surface area (Å²) < 4.78 is 41.2. The molecule has 1 unspecified atom stereocenters. The van der Waals surface area contributed by atoms with Crippen molar-refractivity contribution >= 4 is 20.0 Å². The number of halogens is 1. The Morgan fingerprint density at radius 2 is 2.08 bits per heavy atom. The molecule has 1 aliphatic rings. The monoisotopic (exact) mass is 553 g/mol. The maximum atomic E-state index is 15.3. The first-order valence-electron chi connectivity index (χ1n) is 11.2. The van der Waals surface area contributed by atoms with Crippen LogP contribution in [0.1, 0.15) is 27.0 Å². The maximum absolute atomic E-state index is 15.3. The Morgan fingerprint density at radius 3 is 2.71 bits per heavy atom. The molecular weight excluding hydrogens is 528 g/mol. The maximum Gasteiger partial charge on any atom is 0.395 e. The number of carbonyl (C=O) groups is 1. The van der Waals surface area contributed by atoms with E-state index in [4.69, 9.17) is 30.0 Å². The van der Waals surface area contributed by atoms with Crippen LogP contribution in [-0.2, 0) is 14.3 Å². The first kappa shape index (κ1) is 28.8. The van der Waals surface area contributed by atoms with Gasteiger partial charge in [0.1, 0.15) is 18.5 Å². The highest BCUT2D eigenvalue weighted by Crippen LogP contribution is 2.41. The number of carbonyl (C=O) groups excluding carboxylic acids is 1. The van der Waals surface area contributed by atoms with Gasteiger partial charge in [0, 0.05) is 11.1 Å². The molecule has 17 heteroatoms. The van der Waals surface area contributed by atoms with Gasteiger partial charge in [0.15, 0.2) is 24.2 Å². The number of nitrogens with two attached hydrogens (primary N) is 1. The number of nitrogens with zero attached hydrogens (tertiary/aromatic N) is 6. The van der Waals surface area contributed by atoms with E-state index in [0.29, 0.717) is 0 Å². The predicted molar refractivity (Wildman–Crippen MR) is 128 cm³/mol. The number of aromatic nitrogens is 2. The molecule has 1 fully saturated rings. The van der Waals surface area contributed by atoms with Gasteiger partial charge in [-0.15, -0.1) is 0 Å². The fraction of sp³-hybridized carbons (Fsp3) is 0.476. The van der Waals surface area contributed by atoms with Gasteiger partial charge in [-0.3, -0.25) is 9.09 Å². The van der Waals surface area contributed by atoms with Gasteiger partial charge in [-0.1, -0.05) is 22.0 Å². The lowest BCUT2D eigenvalue weighted by Gasteiger charge is -2.25. The van der Waals surface area contributed by atoms with Crippen molar-refractivity contribution in [1.29, 1.82) is 0 Å². The zero-order valence-electron chi connectivity index (χ0n) is 20.4. The molecule has 0 saturated carbocycles. The Labute approximate surface area is 216 Å². The Bertz CT molecular complexity index is 1300. The van der Waals surface area contributed by atoms with Crippen LogP contribution >= 0.6 is 8.17 Å². The first-order valence-corrected chi connectivity index (χ1v) is 12.3. The van der Waals surface area contributed by atoms with E-state index >= 15 is 4.39 Å². The average Bonchev–Trinajstić information content (AvgIpc) is 3.08. The molecule has 1 aromatic carbocycles. The predicted octanol–water partition coefficient (Wildman–Crippen LogP) is 1.71.